The summed E-state index contributed by atoms with van der Waals surface area (Å²) in [6, 6.07) is -6.01. The number of carboxylic acids is 3. The molecule has 0 aliphatic heterocycles. The Morgan fingerprint density at radius 3 is 1.76 bits per heavy atom. The molecule has 0 bridgehead atoms. The lowest BCUT2D eigenvalue weighted by Gasteiger charge is -2.24. The van der Waals surface area contributed by atoms with Crippen LogP contribution in [-0.2, 0) is 28.8 Å². The second kappa shape index (κ2) is 15.5. The zero-order valence-electron chi connectivity index (χ0n) is 17.9. The number of unbranched alkanes of at least 4 members (excludes halogenated alkanes) is 1. The molecule has 33 heavy (non-hydrogen) atoms. The maximum atomic E-state index is 12.6. The number of aliphatic hydroxyl groups excluding tert-OH is 1. The smallest absolute Gasteiger partial charge is 0.328 e. The molecule has 0 aliphatic rings. The molecule has 15 heteroatoms. The van der Waals surface area contributed by atoms with E-state index >= 15 is 0 Å². The van der Waals surface area contributed by atoms with Gasteiger partial charge in [-0.15, -0.1) is 0 Å². The Bertz CT molecular complexity index is 717. The van der Waals surface area contributed by atoms with Crippen LogP contribution in [0.15, 0.2) is 0 Å². The van der Waals surface area contributed by atoms with Crippen molar-refractivity contribution in [1.29, 1.82) is 0 Å². The van der Waals surface area contributed by atoms with E-state index in [9.17, 15) is 28.8 Å². The number of aliphatic carboxylic acids is 3. The second-order valence-electron chi connectivity index (χ2n) is 7.13. The zero-order valence-corrected chi connectivity index (χ0v) is 17.9. The van der Waals surface area contributed by atoms with Crippen molar-refractivity contribution in [2.75, 3.05) is 13.2 Å². The molecule has 0 aromatic rings. The maximum absolute atomic E-state index is 12.6. The number of rotatable bonds is 17. The molecule has 0 fully saturated rings. The summed E-state index contributed by atoms with van der Waals surface area (Å²) >= 11 is 0. The average Bonchev–Trinajstić information content (AvgIpc) is 2.73. The van der Waals surface area contributed by atoms with Gasteiger partial charge in [0.05, 0.1) is 19.1 Å². The molecular formula is C18H31N5O10. The molecule has 188 valence electrons. The van der Waals surface area contributed by atoms with Crippen molar-refractivity contribution >= 4 is 35.6 Å². The minimum atomic E-state index is -1.72. The number of nitrogens with two attached hydrogens (primary N) is 2. The summed E-state index contributed by atoms with van der Waals surface area (Å²) in [5.74, 6) is -7.41. The molecule has 0 saturated heterocycles. The van der Waals surface area contributed by atoms with Gasteiger partial charge in [-0.05, 0) is 25.8 Å². The molecular weight excluding hydrogens is 446 g/mol. The fourth-order valence-corrected chi connectivity index (χ4v) is 2.57. The third-order valence-electron chi connectivity index (χ3n) is 4.39. The summed E-state index contributed by atoms with van der Waals surface area (Å²) in [7, 11) is 0. The summed E-state index contributed by atoms with van der Waals surface area (Å²) in [5, 5.41) is 42.1. The fraction of sp³-hybridized carbons (Fsp3) is 0.667. The van der Waals surface area contributed by atoms with Crippen molar-refractivity contribution in [2.45, 2.75) is 62.7 Å². The van der Waals surface area contributed by atoms with Crippen LogP contribution in [0.4, 0.5) is 0 Å². The summed E-state index contributed by atoms with van der Waals surface area (Å²) < 4.78 is 0. The number of carbonyl (C=O) groups is 6. The lowest BCUT2D eigenvalue weighted by Crippen LogP contribution is -2.57. The molecule has 0 spiro atoms. The Morgan fingerprint density at radius 1 is 0.727 bits per heavy atom. The Morgan fingerprint density at radius 2 is 1.27 bits per heavy atom. The highest BCUT2D eigenvalue weighted by Crippen LogP contribution is 2.04. The van der Waals surface area contributed by atoms with Crippen LogP contribution in [-0.4, -0.2) is 93.4 Å². The van der Waals surface area contributed by atoms with Gasteiger partial charge < -0.3 is 47.8 Å². The van der Waals surface area contributed by atoms with E-state index in [2.05, 4.69) is 10.6 Å². The molecule has 0 rings (SSSR count). The summed E-state index contributed by atoms with van der Waals surface area (Å²) in [6.45, 7) is -0.586. The van der Waals surface area contributed by atoms with Crippen LogP contribution in [0, 0.1) is 0 Å². The van der Waals surface area contributed by atoms with E-state index in [1.807, 2.05) is 5.32 Å². The largest absolute Gasteiger partial charge is 0.481 e. The topological polar surface area (TPSA) is 271 Å². The Hall–Kier alpha value is -3.30. The van der Waals surface area contributed by atoms with E-state index < -0.39 is 85.7 Å². The number of hydrogen-bond donors (Lipinski definition) is 9. The van der Waals surface area contributed by atoms with E-state index in [4.69, 9.17) is 31.9 Å². The molecule has 0 aromatic carbocycles. The van der Waals surface area contributed by atoms with Crippen LogP contribution in [0.25, 0.3) is 0 Å². The van der Waals surface area contributed by atoms with Gasteiger partial charge in [0.15, 0.2) is 0 Å². The molecule has 0 aliphatic carbocycles. The maximum Gasteiger partial charge on any atom is 0.328 e. The van der Waals surface area contributed by atoms with Gasteiger partial charge in [-0.25, -0.2) is 4.79 Å². The van der Waals surface area contributed by atoms with Crippen LogP contribution in [0.5, 0.6) is 0 Å². The lowest BCUT2D eigenvalue weighted by molar-refractivity contribution is -0.144. The van der Waals surface area contributed by atoms with Gasteiger partial charge in [0.1, 0.15) is 18.1 Å². The molecule has 15 nitrogen and oxygen atoms in total. The van der Waals surface area contributed by atoms with Crippen LogP contribution in [0.1, 0.15) is 38.5 Å². The van der Waals surface area contributed by atoms with Gasteiger partial charge in [0.25, 0.3) is 0 Å². The van der Waals surface area contributed by atoms with Crippen molar-refractivity contribution in [2.24, 2.45) is 11.5 Å². The SMILES string of the molecule is NCCCCC(N)C(=O)NC(CC(=O)O)C(=O)NC(CCC(=O)O)C(=O)NC(CO)C(=O)O. The van der Waals surface area contributed by atoms with E-state index in [0.717, 1.165) is 0 Å². The fourth-order valence-electron chi connectivity index (χ4n) is 2.57. The van der Waals surface area contributed by atoms with Crippen LogP contribution in [0.3, 0.4) is 0 Å². The third-order valence-corrected chi connectivity index (χ3v) is 4.39. The normalized spacial score (nSPS) is 14.3. The van der Waals surface area contributed by atoms with Crippen molar-refractivity contribution in [3.8, 4) is 0 Å². The predicted octanol–water partition coefficient (Wildman–Crippen LogP) is -3.69. The van der Waals surface area contributed by atoms with Gasteiger partial charge in [-0.3, -0.25) is 24.0 Å². The first-order chi connectivity index (χ1) is 15.4. The first-order valence-electron chi connectivity index (χ1n) is 10.1. The van der Waals surface area contributed by atoms with Crippen LogP contribution in [0.2, 0.25) is 0 Å². The molecule has 3 amide bonds. The Labute approximate surface area is 188 Å². The Kier molecular flexibility index (Phi) is 13.9. The molecule has 0 aromatic heterocycles. The van der Waals surface area contributed by atoms with Crippen LogP contribution >= 0.6 is 0 Å². The van der Waals surface area contributed by atoms with Crippen LogP contribution < -0.4 is 27.4 Å². The highest BCUT2D eigenvalue weighted by atomic mass is 16.4. The molecule has 0 radical (unpaired) electrons. The third kappa shape index (κ3) is 12.4. The number of nitrogens with one attached hydrogen (secondary N) is 3. The predicted molar refractivity (Wildman–Crippen MR) is 111 cm³/mol. The molecule has 4 atom stereocenters. The molecule has 11 N–H and O–H groups in total. The van der Waals surface area contributed by atoms with E-state index in [-0.39, 0.29) is 6.42 Å². The van der Waals surface area contributed by atoms with Crippen molar-refractivity contribution in [3.63, 3.8) is 0 Å². The summed E-state index contributed by atoms with van der Waals surface area (Å²) in [4.78, 5) is 70.2. The Balaban J connectivity index is 5.41. The molecule has 0 heterocycles. The highest BCUT2D eigenvalue weighted by Gasteiger charge is 2.31. The second-order valence-corrected chi connectivity index (χ2v) is 7.13. The van der Waals surface area contributed by atoms with Crippen molar-refractivity contribution < 1.29 is 49.2 Å². The van der Waals surface area contributed by atoms with E-state index in [1.54, 1.807) is 0 Å². The average molecular weight is 477 g/mol. The number of amides is 3. The van der Waals surface area contributed by atoms with Gasteiger partial charge >= 0.3 is 17.9 Å². The molecule has 0 saturated carbocycles. The van der Waals surface area contributed by atoms with Gasteiger partial charge in [-0.2, -0.15) is 0 Å². The number of carbonyl (C=O) groups excluding carboxylic acids is 3. The summed E-state index contributed by atoms with van der Waals surface area (Å²) in [5.41, 5.74) is 11.1. The summed E-state index contributed by atoms with van der Waals surface area (Å²) in [6.07, 6.45) is -0.589. The van der Waals surface area contributed by atoms with Gasteiger partial charge in [-0.1, -0.05) is 6.42 Å². The zero-order chi connectivity index (χ0) is 25.6. The van der Waals surface area contributed by atoms with Crippen molar-refractivity contribution in [3.05, 3.63) is 0 Å². The lowest BCUT2D eigenvalue weighted by atomic mass is 10.1. The van der Waals surface area contributed by atoms with Crippen molar-refractivity contribution in [1.82, 2.24) is 16.0 Å². The number of carboxylic acid groups (broad SMARTS) is 3. The van der Waals surface area contributed by atoms with Gasteiger partial charge in [0.2, 0.25) is 17.7 Å². The van der Waals surface area contributed by atoms with E-state index in [0.29, 0.717) is 19.4 Å². The number of hydrogen-bond acceptors (Lipinski definition) is 9. The standard InChI is InChI=1S/C18H31N5O10/c19-6-2-1-3-9(20)15(29)22-11(7-14(27)28)17(31)21-10(4-5-13(25)26)16(30)23-12(8-24)18(32)33/h9-12,24H,1-8,19-20H2,(H,21,31)(H,22,29)(H,23,30)(H,25,26)(H,27,28)(H,32,33). The highest BCUT2D eigenvalue weighted by molar-refractivity contribution is 5.95. The monoisotopic (exact) mass is 477 g/mol. The molecule has 4 unspecified atom stereocenters. The first kappa shape index (κ1) is 29.7. The van der Waals surface area contributed by atoms with Gasteiger partial charge in [0, 0.05) is 6.42 Å². The first-order valence-corrected chi connectivity index (χ1v) is 10.1. The quantitative estimate of drug-likeness (QED) is 0.0916. The minimum absolute atomic E-state index is 0.228. The minimum Gasteiger partial charge on any atom is -0.481 e. The van der Waals surface area contributed by atoms with E-state index in [1.165, 1.54) is 0 Å². The number of aliphatic hydroxyl groups is 1.